The van der Waals surface area contributed by atoms with Crippen LogP contribution in [-0.4, -0.2) is 498 Å². The van der Waals surface area contributed by atoms with Crippen LogP contribution in [0.1, 0.15) is 13.3 Å². The van der Waals surface area contributed by atoms with Crippen molar-refractivity contribution in [2.45, 2.75) is 282 Å². The summed E-state index contributed by atoms with van der Waals surface area (Å²) in [4.78, 5) is 38.8. The van der Waals surface area contributed by atoms with Gasteiger partial charge in [0.2, 0.25) is 5.91 Å². The molecule has 0 radical (unpaired) electrons. The number of aliphatic hydroxyl groups is 29. The molecule has 50 nitrogen and oxygen atoms in total. The quantitative estimate of drug-likeness (QED) is 0.0318. The third kappa shape index (κ3) is 18.6. The van der Waals surface area contributed by atoms with Crippen molar-refractivity contribution in [3.63, 3.8) is 0 Å². The fourth-order valence-corrected chi connectivity index (χ4v) is 13.3. The lowest BCUT2D eigenvalue weighted by Crippen LogP contribution is -2.73. The van der Waals surface area contributed by atoms with E-state index in [2.05, 4.69) is 5.32 Å². The first-order valence-electron chi connectivity index (χ1n) is 33.1. The van der Waals surface area contributed by atoms with Crippen LogP contribution in [0, 0.1) is 0 Å². The second-order valence-corrected chi connectivity index (χ2v) is 26.6. The van der Waals surface area contributed by atoms with E-state index < -0.39 is 346 Å². The van der Waals surface area contributed by atoms with Gasteiger partial charge in [0.05, 0.1) is 59.0 Å². The Bertz CT molecular complexity index is 2810. The predicted octanol–water partition coefficient (Wildman–Crippen LogP) is -21.6. The number of ether oxygens (including phenoxy) is 15. The smallest absolute Gasteiger partial charge is 0.367 e. The normalized spacial score (nSPS) is 48.7. The first-order valence-corrected chi connectivity index (χ1v) is 33.1. The van der Waals surface area contributed by atoms with Crippen molar-refractivity contribution in [2.24, 2.45) is 0 Å². The Kier molecular flexibility index (Phi) is 31.1. The van der Waals surface area contributed by atoms with Gasteiger partial charge < -0.3 is 235 Å². The van der Waals surface area contributed by atoms with Crippen LogP contribution in [0.5, 0.6) is 0 Å². The molecule has 0 spiro atoms. The lowest BCUT2D eigenvalue weighted by atomic mass is 9.88. The molecular weight excluding hydrogens is 1480 g/mol. The number of aliphatic hydroxyl groups excluding tert-OH is 28. The second kappa shape index (κ2) is 37.3. The van der Waals surface area contributed by atoms with Crippen molar-refractivity contribution in [1.29, 1.82) is 0 Å². The lowest BCUT2D eigenvalue weighted by molar-refractivity contribution is -0.420. The molecule has 8 heterocycles. The number of aliphatic carboxylic acids is 2. The van der Waals surface area contributed by atoms with Crippen molar-refractivity contribution < 1.29 is 244 Å². The van der Waals surface area contributed by atoms with Gasteiger partial charge in [-0.15, -0.1) is 0 Å². The standard InChI is InChI=1S/C57H95NO49/c1-11(65)58-21-25(74)22(71)18(6-62)95-48(21)102-44-35(84)39(16(70)10-94-50-33(82)28(77)29(78)38(98-50)15(69)9-93-49-32(81)26(75)23(72)19(7-63)96-49)99-52(36(44)85)103-45-37(86)53(100-41(13(67)4-60)46(45)104-51-34(83)27(76)24(73)20(8-64)97-51)101-43-17(2-56(92,54(88)89)106-42(43)14(68)5-61)105-57(55(90)91)47(87)31(80)30(79)40(107-57)12(66)3-59/h12-53,59-64,66-87,92H,2-10H2,1H3,(H,58,65)(H,88,89)(H,90,91)/t12-,13+,14-,15+,16+,17-,18-,19-,20-,21-,22-,23+,24-,25-,26+,27+,28+,29+,30-,31+,32-,33+,34-,35-,36+,37+,38-,39-,40-,41-,42-,43-,44+,45-,46-,47+,48+,49-,50+,51+,52-,53-,56-,57-/m1/s1. The number of carbonyl (C=O) groups excluding carboxylic acids is 1. The maximum atomic E-state index is 13.4. The van der Waals surface area contributed by atoms with Crippen molar-refractivity contribution in [3.05, 3.63) is 0 Å². The van der Waals surface area contributed by atoms with Crippen LogP contribution in [0.15, 0.2) is 0 Å². The van der Waals surface area contributed by atoms with Gasteiger partial charge in [-0.2, -0.15) is 0 Å². The van der Waals surface area contributed by atoms with E-state index in [4.69, 9.17) is 71.1 Å². The van der Waals surface area contributed by atoms with Gasteiger partial charge in [-0.3, -0.25) is 4.79 Å². The van der Waals surface area contributed by atoms with Gasteiger partial charge in [0.25, 0.3) is 11.6 Å². The minimum atomic E-state index is -3.96. The number of nitrogens with one attached hydrogen (secondary N) is 1. The van der Waals surface area contributed by atoms with Gasteiger partial charge in [-0.25, -0.2) is 9.59 Å². The highest BCUT2D eigenvalue weighted by Crippen LogP contribution is 2.44. The number of rotatable bonds is 30. The highest BCUT2D eigenvalue weighted by atomic mass is 16.8. The van der Waals surface area contributed by atoms with Crippen molar-refractivity contribution in [3.8, 4) is 0 Å². The minimum absolute atomic E-state index is 0.885. The van der Waals surface area contributed by atoms with Crippen LogP contribution >= 0.6 is 0 Å². The third-order valence-corrected chi connectivity index (χ3v) is 19.3. The van der Waals surface area contributed by atoms with Crippen molar-refractivity contribution >= 4 is 17.8 Å². The number of carboxylic acid groups (broad SMARTS) is 2. The van der Waals surface area contributed by atoms with E-state index in [0.717, 1.165) is 6.92 Å². The molecule has 8 aliphatic rings. The van der Waals surface area contributed by atoms with E-state index in [-0.39, 0.29) is 0 Å². The molecule has 44 atom stereocenters. The molecule has 50 heteroatoms. The number of hydrogen-bond donors (Lipinski definition) is 32. The zero-order valence-electron chi connectivity index (χ0n) is 55.8. The highest BCUT2D eigenvalue weighted by Gasteiger charge is 2.67. The molecule has 0 unspecified atom stereocenters. The molecule has 0 aromatic heterocycles. The van der Waals surface area contributed by atoms with Gasteiger partial charge in [-0.05, 0) is 0 Å². The fraction of sp³-hybridized carbons (Fsp3) is 0.947. The zero-order chi connectivity index (χ0) is 79.7. The molecule has 1 amide bonds. The predicted molar refractivity (Wildman–Crippen MR) is 318 cm³/mol. The Morgan fingerprint density at radius 1 is 0.393 bits per heavy atom. The summed E-state index contributed by atoms with van der Waals surface area (Å²) in [5, 5.41) is 342. The molecule has 0 aliphatic carbocycles. The molecule has 0 aromatic carbocycles. The average molecular weight is 1580 g/mol. The lowest BCUT2D eigenvalue weighted by Gasteiger charge is -2.53. The van der Waals surface area contributed by atoms with Crippen LogP contribution in [0.2, 0.25) is 0 Å². The largest absolute Gasteiger partial charge is 0.477 e. The third-order valence-electron chi connectivity index (χ3n) is 19.3. The van der Waals surface area contributed by atoms with E-state index >= 15 is 0 Å². The molecule has 0 aromatic rings. The first-order chi connectivity index (χ1) is 50.2. The molecule has 8 rings (SSSR count). The van der Waals surface area contributed by atoms with E-state index in [9.17, 15) is 173 Å². The Labute approximate surface area is 600 Å². The number of carboxylic acids is 2. The molecular formula is C57H95NO49. The minimum Gasteiger partial charge on any atom is -0.477 e. The Morgan fingerprint density at radius 3 is 1.29 bits per heavy atom. The maximum Gasteiger partial charge on any atom is 0.367 e. The molecule has 622 valence electrons. The Morgan fingerprint density at radius 2 is 0.785 bits per heavy atom. The number of amides is 1. The summed E-state index contributed by atoms with van der Waals surface area (Å²) < 4.78 is 85.3. The summed E-state index contributed by atoms with van der Waals surface area (Å²) >= 11 is 0. The van der Waals surface area contributed by atoms with Gasteiger partial charge in [0, 0.05) is 13.3 Å². The summed E-state index contributed by atoms with van der Waals surface area (Å²) in [7, 11) is 0. The number of hydrogen-bond acceptors (Lipinski definition) is 47. The maximum absolute atomic E-state index is 13.4. The van der Waals surface area contributed by atoms with E-state index in [1.165, 1.54) is 0 Å². The molecule has 8 fully saturated rings. The van der Waals surface area contributed by atoms with Crippen LogP contribution < -0.4 is 5.32 Å². The second-order valence-electron chi connectivity index (χ2n) is 26.6. The molecule has 107 heavy (non-hydrogen) atoms. The summed E-state index contributed by atoms with van der Waals surface area (Å²) in [5.74, 6) is -13.6. The van der Waals surface area contributed by atoms with E-state index in [0.29, 0.717) is 0 Å². The monoisotopic (exact) mass is 1580 g/mol. The van der Waals surface area contributed by atoms with E-state index in [1.807, 2.05) is 0 Å². The van der Waals surface area contributed by atoms with Crippen LogP contribution in [0.4, 0.5) is 0 Å². The zero-order valence-corrected chi connectivity index (χ0v) is 55.8. The van der Waals surface area contributed by atoms with Gasteiger partial charge in [0.1, 0.15) is 214 Å². The van der Waals surface area contributed by atoms with Crippen LogP contribution in [0.3, 0.4) is 0 Å². The molecule has 0 bridgehead atoms. The molecule has 8 aliphatic heterocycles. The van der Waals surface area contributed by atoms with Crippen molar-refractivity contribution in [2.75, 3.05) is 52.9 Å². The summed E-state index contributed by atoms with van der Waals surface area (Å²) in [6.07, 6.45) is -100. The van der Waals surface area contributed by atoms with E-state index in [1.54, 1.807) is 0 Å². The van der Waals surface area contributed by atoms with Crippen LogP contribution in [0.25, 0.3) is 0 Å². The Balaban J connectivity index is 1.20. The fourth-order valence-electron chi connectivity index (χ4n) is 13.3. The summed E-state index contributed by atoms with van der Waals surface area (Å²) in [6.45, 7) is -9.25. The molecule has 8 saturated heterocycles. The summed E-state index contributed by atoms with van der Waals surface area (Å²) in [5.41, 5.74) is 0. The van der Waals surface area contributed by atoms with Crippen molar-refractivity contribution in [1.82, 2.24) is 5.32 Å². The van der Waals surface area contributed by atoms with Gasteiger partial charge >= 0.3 is 11.9 Å². The topological polar surface area (TPSA) is 829 Å². The van der Waals surface area contributed by atoms with Gasteiger partial charge in [-0.1, -0.05) is 0 Å². The first kappa shape index (κ1) is 89.2. The average Bonchev–Trinajstić information content (AvgIpc) is 0.738. The van der Waals surface area contributed by atoms with Gasteiger partial charge in [0.15, 0.2) is 37.7 Å². The molecule has 32 N–H and O–H groups in total. The number of carbonyl (C=O) groups is 3. The Hall–Kier alpha value is -3.35. The highest BCUT2D eigenvalue weighted by molar-refractivity contribution is 5.77. The SMILES string of the molecule is CC(=O)N[C@H]1[C@H](O[C@@H]2[C@H](O)[C@@H](O[C@@H]3[C@H](O)[C@@H](O[C@H]4[C@@H]([C@H](O)CO)O[C@@](O)(C(=O)O)C[C@H]4O[C@@]4(C(=O)O)O[C@H]([C@H](O)CO)[C@H](O)[C@H](O)[C@@H]4O)O[C@H]([C@@H](O)CO)[C@H]3O[C@@H]3O[C@H](CO)[C@@H](O)[C@H](O)[C@H]3O)O[C@H]([C@@H](O)CO[C@H]3O[C@H]([C@@H](O)CO[C@@H]4O[C@H](CO)[C@H](O)[C@H](O)[C@H]4O)[C@@H](O)[C@H](O)[C@@H]3O)[C@H]2O)O[C@H](CO)[C@@H](O)[C@@H]1O. The molecule has 0 saturated carbocycles. The summed E-state index contributed by atoms with van der Waals surface area (Å²) in [6, 6.07) is -1.97. The van der Waals surface area contributed by atoms with Crippen LogP contribution in [-0.2, 0) is 85.4 Å².